The van der Waals surface area contributed by atoms with Crippen LogP contribution in [0.5, 0.6) is 0 Å². The third kappa shape index (κ3) is 12.4. The molecule has 0 saturated carbocycles. The second kappa shape index (κ2) is 15.2. The Morgan fingerprint density at radius 1 is 0.949 bits per heavy atom. The van der Waals surface area contributed by atoms with Gasteiger partial charge in [0.15, 0.2) is 11.5 Å². The third-order valence-corrected chi connectivity index (χ3v) is 7.57. The van der Waals surface area contributed by atoms with Gasteiger partial charge >= 0.3 is 13.7 Å². The van der Waals surface area contributed by atoms with Crippen molar-refractivity contribution in [2.24, 2.45) is 0 Å². The van der Waals surface area contributed by atoms with Crippen molar-refractivity contribution >= 4 is 19.5 Å². The first-order valence-corrected chi connectivity index (χ1v) is 15.2. The second-order valence-electron chi connectivity index (χ2n) is 10.6. The summed E-state index contributed by atoms with van der Waals surface area (Å²) in [5.41, 5.74) is -0.375. The molecule has 0 spiro atoms. The Bertz CT molecular complexity index is 1110. The molecule has 1 aromatic heterocycles. The van der Waals surface area contributed by atoms with E-state index in [0.29, 0.717) is 30.8 Å². The fraction of sp³-hybridized carbons (Fsp3) is 0.533. The standard InChI is InChI=1S/C30H44NO7P/c1-7-35-39(34,36-8-2)23-22-30(6,31-28(33)38-29(3,4)5)21-20-25-18-19-27(37-25)26(32)17-13-12-16-24-14-10-9-11-15-24/h9-11,14-15,18-19,22-23H,7-8,12-13,16-17,20-21H2,1-6H3,(H,31,33)/t30-/m1/s1. The summed E-state index contributed by atoms with van der Waals surface area (Å²) in [6.07, 6.45) is 4.89. The van der Waals surface area contributed by atoms with Crippen LogP contribution in [0.1, 0.15) is 89.1 Å². The van der Waals surface area contributed by atoms with Crippen LogP contribution >= 0.6 is 7.60 Å². The van der Waals surface area contributed by atoms with Crippen molar-refractivity contribution in [2.75, 3.05) is 13.2 Å². The van der Waals surface area contributed by atoms with Crippen LogP contribution in [-0.4, -0.2) is 36.2 Å². The molecule has 216 valence electrons. The van der Waals surface area contributed by atoms with Crippen molar-refractivity contribution in [2.45, 2.75) is 91.2 Å². The fourth-order valence-corrected chi connectivity index (χ4v) is 5.37. The molecule has 1 amide bonds. The molecule has 0 unspecified atom stereocenters. The van der Waals surface area contributed by atoms with E-state index in [1.165, 1.54) is 11.4 Å². The summed E-state index contributed by atoms with van der Waals surface area (Å²) in [4.78, 5) is 25.3. The minimum absolute atomic E-state index is 0.0294. The number of aryl methyl sites for hydroxylation is 2. The number of furan rings is 1. The van der Waals surface area contributed by atoms with E-state index in [1.807, 2.05) is 18.2 Å². The van der Waals surface area contributed by atoms with E-state index in [0.717, 1.165) is 19.3 Å². The van der Waals surface area contributed by atoms with E-state index in [-0.39, 0.29) is 19.0 Å². The molecule has 0 aliphatic heterocycles. The molecule has 0 aliphatic carbocycles. The monoisotopic (exact) mass is 561 g/mol. The van der Waals surface area contributed by atoms with Gasteiger partial charge in [-0.25, -0.2) is 4.79 Å². The topological polar surface area (TPSA) is 104 Å². The number of amides is 1. The van der Waals surface area contributed by atoms with Crippen molar-refractivity contribution in [3.8, 4) is 0 Å². The molecular formula is C30H44NO7P. The average Bonchev–Trinajstić information content (AvgIpc) is 3.33. The molecule has 1 atom stereocenters. The first-order chi connectivity index (χ1) is 18.4. The Hall–Kier alpha value is -2.67. The van der Waals surface area contributed by atoms with Crippen molar-refractivity contribution in [3.05, 3.63) is 71.4 Å². The SMILES string of the molecule is CCOP(=O)(C=C[C@@](C)(CCc1ccc(C(=O)CCCCc2ccccc2)o1)NC(=O)OC(C)(C)C)OCC. The van der Waals surface area contributed by atoms with Crippen molar-refractivity contribution in [1.82, 2.24) is 5.32 Å². The molecule has 0 fully saturated rings. The van der Waals surface area contributed by atoms with Crippen LogP contribution in [0.3, 0.4) is 0 Å². The largest absolute Gasteiger partial charge is 0.458 e. The Balaban J connectivity index is 2.03. The van der Waals surface area contributed by atoms with Gasteiger partial charge in [-0.15, -0.1) is 0 Å². The summed E-state index contributed by atoms with van der Waals surface area (Å²) >= 11 is 0. The zero-order chi connectivity index (χ0) is 28.9. The van der Waals surface area contributed by atoms with Gasteiger partial charge in [0.25, 0.3) is 0 Å². The number of alkyl carbamates (subject to hydrolysis) is 1. The molecule has 8 nitrogen and oxygen atoms in total. The molecule has 39 heavy (non-hydrogen) atoms. The number of ether oxygens (including phenoxy) is 1. The van der Waals surface area contributed by atoms with Gasteiger partial charge in [-0.2, -0.15) is 0 Å². The minimum atomic E-state index is -3.48. The Morgan fingerprint density at radius 3 is 2.23 bits per heavy atom. The Kier molecular flexibility index (Phi) is 12.7. The van der Waals surface area contributed by atoms with Crippen LogP contribution in [0, 0.1) is 0 Å². The normalized spacial score (nSPS) is 13.8. The number of hydrogen-bond acceptors (Lipinski definition) is 7. The van der Waals surface area contributed by atoms with Crippen LogP contribution in [0.4, 0.5) is 4.79 Å². The maximum absolute atomic E-state index is 13.0. The number of carbonyl (C=O) groups excluding carboxylic acids is 2. The number of unbranched alkanes of at least 4 members (excludes halogenated alkanes) is 1. The summed E-state index contributed by atoms with van der Waals surface area (Å²) in [5, 5.41) is 2.87. The van der Waals surface area contributed by atoms with E-state index < -0.39 is 24.8 Å². The number of hydrogen-bond donors (Lipinski definition) is 1. The molecule has 0 radical (unpaired) electrons. The number of carbonyl (C=O) groups is 2. The third-order valence-electron chi connectivity index (χ3n) is 5.82. The maximum atomic E-state index is 13.0. The van der Waals surface area contributed by atoms with Crippen molar-refractivity contribution in [1.29, 1.82) is 0 Å². The van der Waals surface area contributed by atoms with Gasteiger partial charge in [0.2, 0.25) is 0 Å². The zero-order valence-electron chi connectivity index (χ0n) is 24.2. The number of nitrogens with one attached hydrogen (secondary N) is 1. The van der Waals surface area contributed by atoms with Crippen LogP contribution in [-0.2, 0) is 31.2 Å². The first kappa shape index (κ1) is 32.5. The maximum Gasteiger partial charge on any atom is 0.408 e. The highest BCUT2D eigenvalue weighted by Crippen LogP contribution is 2.50. The summed E-state index contributed by atoms with van der Waals surface area (Å²) in [7, 11) is -3.48. The summed E-state index contributed by atoms with van der Waals surface area (Å²) in [5.74, 6) is 2.30. The first-order valence-electron chi connectivity index (χ1n) is 13.6. The van der Waals surface area contributed by atoms with Gasteiger partial charge in [0, 0.05) is 18.7 Å². The second-order valence-corrected chi connectivity index (χ2v) is 12.5. The predicted molar refractivity (Wildman–Crippen MR) is 153 cm³/mol. The van der Waals surface area contributed by atoms with Gasteiger partial charge in [-0.1, -0.05) is 36.4 Å². The molecular weight excluding hydrogens is 517 g/mol. The zero-order valence-corrected chi connectivity index (χ0v) is 25.1. The van der Waals surface area contributed by atoms with Crippen LogP contribution in [0.2, 0.25) is 0 Å². The predicted octanol–water partition coefficient (Wildman–Crippen LogP) is 7.87. The highest BCUT2D eigenvalue weighted by Gasteiger charge is 2.29. The summed E-state index contributed by atoms with van der Waals surface area (Å²) in [6, 6.07) is 13.7. The lowest BCUT2D eigenvalue weighted by atomic mass is 9.95. The van der Waals surface area contributed by atoms with Gasteiger partial charge in [-0.05, 0) is 84.9 Å². The highest BCUT2D eigenvalue weighted by molar-refractivity contribution is 7.57. The van der Waals surface area contributed by atoms with Gasteiger partial charge in [-0.3, -0.25) is 9.36 Å². The van der Waals surface area contributed by atoms with Crippen LogP contribution in [0.25, 0.3) is 0 Å². The molecule has 9 heteroatoms. The minimum Gasteiger partial charge on any atom is -0.458 e. The molecule has 0 saturated heterocycles. The number of ketones is 1. The van der Waals surface area contributed by atoms with Crippen LogP contribution in [0.15, 0.2) is 58.8 Å². The smallest absolute Gasteiger partial charge is 0.408 e. The summed E-state index contributed by atoms with van der Waals surface area (Å²) < 4.78 is 35.0. The van der Waals surface area contributed by atoms with Crippen LogP contribution < -0.4 is 5.32 Å². The Morgan fingerprint density at radius 2 is 1.62 bits per heavy atom. The van der Waals surface area contributed by atoms with Crippen molar-refractivity contribution < 1.29 is 32.4 Å². The van der Waals surface area contributed by atoms with E-state index >= 15 is 0 Å². The molecule has 1 heterocycles. The van der Waals surface area contributed by atoms with E-state index in [9.17, 15) is 14.2 Å². The van der Waals surface area contributed by atoms with Gasteiger partial charge < -0.3 is 23.5 Å². The number of rotatable bonds is 16. The lowest BCUT2D eigenvalue weighted by molar-refractivity contribution is 0.0480. The molecule has 0 aliphatic rings. The fourth-order valence-electron chi connectivity index (χ4n) is 3.89. The van der Waals surface area contributed by atoms with E-state index in [1.54, 1.807) is 59.8 Å². The number of Topliss-reactive ketones (excluding diaryl/α,β-unsaturated/α-hetero) is 1. The van der Waals surface area contributed by atoms with Gasteiger partial charge in [0.1, 0.15) is 11.4 Å². The molecule has 0 bridgehead atoms. The quantitative estimate of drug-likeness (QED) is 0.126. The highest BCUT2D eigenvalue weighted by atomic mass is 31.2. The van der Waals surface area contributed by atoms with E-state index in [4.69, 9.17) is 18.2 Å². The lowest BCUT2D eigenvalue weighted by Gasteiger charge is -2.30. The summed E-state index contributed by atoms with van der Waals surface area (Å²) in [6.45, 7) is 11.0. The average molecular weight is 562 g/mol. The molecule has 2 rings (SSSR count). The number of benzene rings is 1. The molecule has 1 aromatic carbocycles. The molecule has 1 N–H and O–H groups in total. The van der Waals surface area contributed by atoms with Gasteiger partial charge in [0.05, 0.1) is 18.8 Å². The lowest BCUT2D eigenvalue weighted by Crippen LogP contribution is -2.47. The van der Waals surface area contributed by atoms with E-state index in [2.05, 4.69) is 17.4 Å². The molecule has 2 aromatic rings. The Labute approximate surface area is 233 Å². The van der Waals surface area contributed by atoms with Crippen molar-refractivity contribution in [3.63, 3.8) is 0 Å².